The first kappa shape index (κ1) is 15.4. The number of ether oxygens (including phenoxy) is 1. The summed E-state index contributed by atoms with van der Waals surface area (Å²) < 4.78 is 18.1. The van der Waals surface area contributed by atoms with Gasteiger partial charge < -0.3 is 15.4 Å². The molecular formula is C13H20FN3O2. The molecule has 106 valence electrons. The number of amides is 1. The smallest absolute Gasteiger partial charge is 0.255 e. The van der Waals surface area contributed by atoms with Gasteiger partial charge in [0.1, 0.15) is 11.6 Å². The summed E-state index contributed by atoms with van der Waals surface area (Å²) in [5.41, 5.74) is 0.214. The molecule has 0 bridgehead atoms. The van der Waals surface area contributed by atoms with E-state index >= 15 is 0 Å². The first-order valence-corrected chi connectivity index (χ1v) is 6.27. The Balaban J connectivity index is 2.77. The molecule has 0 aliphatic carbocycles. The molecule has 19 heavy (non-hydrogen) atoms. The summed E-state index contributed by atoms with van der Waals surface area (Å²) >= 11 is 0. The van der Waals surface area contributed by atoms with Crippen LogP contribution in [0.25, 0.3) is 0 Å². The standard InChI is InChI=1S/C13H20FN3O2/c1-4-15-12-11(7-10(14)8-16-12)13(18)17-9(2)5-6-19-3/h7-9H,4-6H2,1-3H3,(H,15,16)(H,17,18). The molecule has 0 spiro atoms. The van der Waals surface area contributed by atoms with Gasteiger partial charge in [0.25, 0.3) is 5.91 Å². The van der Waals surface area contributed by atoms with Gasteiger partial charge in [-0.3, -0.25) is 4.79 Å². The number of halogens is 1. The minimum atomic E-state index is -0.531. The highest BCUT2D eigenvalue weighted by Gasteiger charge is 2.15. The van der Waals surface area contributed by atoms with E-state index in [-0.39, 0.29) is 17.5 Å². The Bertz CT molecular complexity index is 426. The molecule has 0 aliphatic heterocycles. The van der Waals surface area contributed by atoms with Gasteiger partial charge in [-0.25, -0.2) is 9.37 Å². The third-order valence-electron chi connectivity index (χ3n) is 2.58. The molecule has 1 aromatic heterocycles. The molecular weight excluding hydrogens is 249 g/mol. The molecule has 2 N–H and O–H groups in total. The van der Waals surface area contributed by atoms with E-state index in [1.807, 2.05) is 13.8 Å². The quantitative estimate of drug-likeness (QED) is 0.792. The maximum absolute atomic E-state index is 13.2. The molecule has 0 radical (unpaired) electrons. The third kappa shape index (κ3) is 4.82. The fourth-order valence-electron chi connectivity index (χ4n) is 1.59. The average molecular weight is 269 g/mol. The van der Waals surface area contributed by atoms with Gasteiger partial charge >= 0.3 is 0 Å². The van der Waals surface area contributed by atoms with Crippen molar-refractivity contribution in [3.8, 4) is 0 Å². The number of anilines is 1. The number of hydrogen-bond acceptors (Lipinski definition) is 4. The number of aromatic nitrogens is 1. The van der Waals surface area contributed by atoms with Crippen LogP contribution in [-0.4, -0.2) is 37.2 Å². The highest BCUT2D eigenvalue weighted by molar-refractivity contribution is 5.98. The molecule has 0 saturated carbocycles. The fourth-order valence-corrected chi connectivity index (χ4v) is 1.59. The topological polar surface area (TPSA) is 63.2 Å². The summed E-state index contributed by atoms with van der Waals surface area (Å²) in [6.45, 7) is 4.92. The zero-order valence-electron chi connectivity index (χ0n) is 11.5. The molecule has 1 heterocycles. The predicted octanol–water partition coefficient (Wildman–Crippen LogP) is 1.81. The van der Waals surface area contributed by atoms with Gasteiger partial charge in [0.2, 0.25) is 0 Å². The molecule has 0 saturated heterocycles. The Morgan fingerprint density at radius 3 is 2.95 bits per heavy atom. The van der Waals surface area contributed by atoms with Crippen LogP contribution in [0.3, 0.4) is 0 Å². The number of carbonyl (C=O) groups excluding carboxylic acids is 1. The van der Waals surface area contributed by atoms with Crippen LogP contribution in [0.1, 0.15) is 30.6 Å². The first-order valence-electron chi connectivity index (χ1n) is 6.27. The number of methoxy groups -OCH3 is 1. The molecule has 0 aliphatic rings. The highest BCUT2D eigenvalue weighted by Crippen LogP contribution is 2.13. The lowest BCUT2D eigenvalue weighted by Gasteiger charge is -2.15. The lowest BCUT2D eigenvalue weighted by Crippen LogP contribution is -2.34. The van der Waals surface area contributed by atoms with Gasteiger partial charge in [-0.2, -0.15) is 0 Å². The number of nitrogens with zero attached hydrogens (tertiary/aromatic N) is 1. The number of rotatable bonds is 7. The molecule has 0 aromatic carbocycles. The highest BCUT2D eigenvalue weighted by atomic mass is 19.1. The zero-order chi connectivity index (χ0) is 14.3. The van der Waals surface area contributed by atoms with Crippen LogP contribution in [0, 0.1) is 5.82 Å². The lowest BCUT2D eigenvalue weighted by atomic mass is 10.2. The molecule has 1 rings (SSSR count). The van der Waals surface area contributed by atoms with Gasteiger partial charge in [0.05, 0.1) is 11.8 Å². The lowest BCUT2D eigenvalue weighted by molar-refractivity contribution is 0.0929. The number of carbonyl (C=O) groups is 1. The maximum Gasteiger partial charge on any atom is 0.255 e. The number of pyridine rings is 1. The minimum Gasteiger partial charge on any atom is -0.385 e. The molecule has 6 heteroatoms. The van der Waals surface area contributed by atoms with Crippen molar-refractivity contribution in [3.05, 3.63) is 23.6 Å². The van der Waals surface area contributed by atoms with Crippen molar-refractivity contribution in [1.29, 1.82) is 0 Å². The molecule has 5 nitrogen and oxygen atoms in total. The van der Waals surface area contributed by atoms with Crippen LogP contribution < -0.4 is 10.6 Å². The van der Waals surface area contributed by atoms with Crippen LogP contribution in [0.15, 0.2) is 12.3 Å². The summed E-state index contributed by atoms with van der Waals surface area (Å²) in [5.74, 6) is -0.483. The van der Waals surface area contributed by atoms with Gasteiger partial charge in [-0.1, -0.05) is 0 Å². The van der Waals surface area contributed by atoms with E-state index in [2.05, 4.69) is 15.6 Å². The largest absolute Gasteiger partial charge is 0.385 e. The second-order valence-electron chi connectivity index (χ2n) is 4.24. The second-order valence-corrected chi connectivity index (χ2v) is 4.24. The van der Waals surface area contributed by atoms with Crippen molar-refractivity contribution in [2.75, 3.05) is 25.6 Å². The third-order valence-corrected chi connectivity index (χ3v) is 2.58. The summed E-state index contributed by atoms with van der Waals surface area (Å²) in [7, 11) is 1.61. The van der Waals surface area contributed by atoms with Gasteiger partial charge in [-0.15, -0.1) is 0 Å². The Morgan fingerprint density at radius 1 is 1.58 bits per heavy atom. The molecule has 1 atom stereocenters. The van der Waals surface area contributed by atoms with E-state index in [4.69, 9.17) is 4.74 Å². The van der Waals surface area contributed by atoms with Crippen LogP contribution in [-0.2, 0) is 4.74 Å². The minimum absolute atomic E-state index is 0.0507. The average Bonchev–Trinajstić information content (AvgIpc) is 2.38. The van der Waals surface area contributed by atoms with E-state index < -0.39 is 5.82 Å². The summed E-state index contributed by atoms with van der Waals surface area (Å²) in [6, 6.07) is 1.13. The van der Waals surface area contributed by atoms with Gasteiger partial charge in [0.15, 0.2) is 0 Å². The maximum atomic E-state index is 13.2. The predicted molar refractivity (Wildman–Crippen MR) is 71.8 cm³/mol. The van der Waals surface area contributed by atoms with E-state index in [9.17, 15) is 9.18 Å². The summed E-state index contributed by atoms with van der Waals surface area (Å²) in [6.07, 6.45) is 1.78. The SMILES string of the molecule is CCNc1ncc(F)cc1C(=O)NC(C)CCOC. The Hall–Kier alpha value is -1.69. The molecule has 1 amide bonds. The van der Waals surface area contributed by atoms with E-state index in [0.717, 1.165) is 6.20 Å². The van der Waals surface area contributed by atoms with Gasteiger partial charge in [-0.05, 0) is 26.3 Å². The van der Waals surface area contributed by atoms with Crippen LogP contribution in [0.4, 0.5) is 10.2 Å². The van der Waals surface area contributed by atoms with E-state index in [1.165, 1.54) is 6.07 Å². The number of hydrogen-bond donors (Lipinski definition) is 2. The van der Waals surface area contributed by atoms with Crippen LogP contribution >= 0.6 is 0 Å². The molecule has 0 fully saturated rings. The number of nitrogens with one attached hydrogen (secondary N) is 2. The van der Waals surface area contributed by atoms with Crippen molar-refractivity contribution >= 4 is 11.7 Å². The van der Waals surface area contributed by atoms with E-state index in [1.54, 1.807) is 7.11 Å². The Kier molecular flexibility index (Phi) is 6.21. The van der Waals surface area contributed by atoms with Gasteiger partial charge in [0, 0.05) is 26.3 Å². The monoisotopic (exact) mass is 269 g/mol. The van der Waals surface area contributed by atoms with Crippen LogP contribution in [0.2, 0.25) is 0 Å². The van der Waals surface area contributed by atoms with Crippen molar-refractivity contribution in [1.82, 2.24) is 10.3 Å². The fraction of sp³-hybridized carbons (Fsp3) is 0.538. The van der Waals surface area contributed by atoms with Crippen molar-refractivity contribution in [2.45, 2.75) is 26.3 Å². The van der Waals surface area contributed by atoms with Crippen LogP contribution in [0.5, 0.6) is 0 Å². The summed E-state index contributed by atoms with van der Waals surface area (Å²) in [4.78, 5) is 16.0. The molecule has 1 unspecified atom stereocenters. The zero-order valence-corrected chi connectivity index (χ0v) is 11.5. The van der Waals surface area contributed by atoms with Crippen molar-refractivity contribution in [3.63, 3.8) is 0 Å². The first-order chi connectivity index (χ1) is 9.08. The Labute approximate surface area is 112 Å². The van der Waals surface area contributed by atoms with Crippen molar-refractivity contribution in [2.24, 2.45) is 0 Å². The normalized spacial score (nSPS) is 12.0. The second kappa shape index (κ2) is 7.68. The molecule has 1 aromatic rings. The summed E-state index contributed by atoms with van der Waals surface area (Å²) in [5, 5.41) is 5.73. The Morgan fingerprint density at radius 2 is 2.32 bits per heavy atom. The van der Waals surface area contributed by atoms with E-state index in [0.29, 0.717) is 25.4 Å². The van der Waals surface area contributed by atoms with Crippen molar-refractivity contribution < 1.29 is 13.9 Å².